The van der Waals surface area contributed by atoms with E-state index < -0.39 is 11.7 Å². The Morgan fingerprint density at radius 1 is 0.939 bits per heavy atom. The molecule has 1 fully saturated rings. The average molecular weight is 448 g/mol. The topological polar surface area (TPSA) is 74.8 Å². The normalized spacial score (nSPS) is 13.8. The third-order valence-corrected chi connectivity index (χ3v) is 5.41. The van der Waals surface area contributed by atoms with Crippen LogP contribution in [0.1, 0.15) is 22.3 Å². The molecule has 1 aliphatic rings. The summed E-state index contributed by atoms with van der Waals surface area (Å²) in [6, 6.07) is 19.0. The first-order chi connectivity index (χ1) is 16.1. The van der Waals surface area contributed by atoms with Crippen molar-refractivity contribution < 1.29 is 18.7 Å². The number of hydrogen-bond acceptors (Lipinski definition) is 5. The van der Waals surface area contributed by atoms with Gasteiger partial charge in [0, 0.05) is 26.2 Å². The van der Waals surface area contributed by atoms with Crippen LogP contribution in [0.25, 0.3) is 0 Å². The number of benzene rings is 2. The molecule has 1 aliphatic heterocycles. The number of carbonyl (C=O) groups excluding carboxylic acids is 2. The summed E-state index contributed by atoms with van der Waals surface area (Å²) < 4.78 is 19.2. The summed E-state index contributed by atoms with van der Waals surface area (Å²) in [5.74, 6) is -0.350. The van der Waals surface area contributed by atoms with Crippen molar-refractivity contribution in [1.82, 2.24) is 9.88 Å². The number of amides is 2. The molecule has 0 atom stereocenters. The van der Waals surface area contributed by atoms with E-state index in [0.29, 0.717) is 25.3 Å². The molecular formula is C25H25FN4O3. The predicted octanol–water partition coefficient (Wildman–Crippen LogP) is 4.32. The Kier molecular flexibility index (Phi) is 7.14. The van der Waals surface area contributed by atoms with Crippen LogP contribution >= 0.6 is 0 Å². The van der Waals surface area contributed by atoms with E-state index in [0.717, 1.165) is 24.3 Å². The van der Waals surface area contributed by atoms with Crippen molar-refractivity contribution in [1.29, 1.82) is 0 Å². The third kappa shape index (κ3) is 5.85. The van der Waals surface area contributed by atoms with Crippen LogP contribution in [0.15, 0.2) is 72.9 Å². The number of rotatable bonds is 5. The number of aromatic nitrogens is 1. The van der Waals surface area contributed by atoms with Gasteiger partial charge in [0.1, 0.15) is 18.2 Å². The molecule has 4 rings (SSSR count). The summed E-state index contributed by atoms with van der Waals surface area (Å²) in [7, 11) is 0. The Morgan fingerprint density at radius 2 is 1.73 bits per heavy atom. The second-order valence-corrected chi connectivity index (χ2v) is 7.71. The molecule has 2 heterocycles. The molecule has 170 valence electrons. The van der Waals surface area contributed by atoms with Crippen LogP contribution < -0.4 is 10.2 Å². The van der Waals surface area contributed by atoms with Crippen LogP contribution in [0.2, 0.25) is 0 Å². The average Bonchev–Trinajstić information content (AvgIpc) is 3.10. The van der Waals surface area contributed by atoms with Gasteiger partial charge in [-0.05, 0) is 36.2 Å². The first kappa shape index (κ1) is 22.3. The molecule has 0 aliphatic carbocycles. The van der Waals surface area contributed by atoms with E-state index in [9.17, 15) is 14.0 Å². The Hall–Kier alpha value is -3.94. The van der Waals surface area contributed by atoms with Crippen molar-refractivity contribution in [3.8, 4) is 0 Å². The molecule has 1 aromatic heterocycles. The molecule has 0 spiro atoms. The third-order valence-electron chi connectivity index (χ3n) is 5.41. The Morgan fingerprint density at radius 3 is 2.48 bits per heavy atom. The molecule has 0 saturated carbocycles. The fourth-order valence-corrected chi connectivity index (χ4v) is 3.63. The van der Waals surface area contributed by atoms with Gasteiger partial charge in [-0.15, -0.1) is 0 Å². The van der Waals surface area contributed by atoms with E-state index in [1.165, 1.54) is 18.2 Å². The lowest BCUT2D eigenvalue weighted by atomic mass is 10.2. The number of anilines is 2. The Labute approximate surface area is 191 Å². The van der Waals surface area contributed by atoms with Crippen molar-refractivity contribution >= 4 is 23.5 Å². The highest BCUT2D eigenvalue weighted by atomic mass is 19.1. The number of nitrogens with zero attached hydrogens (tertiary/aromatic N) is 3. The van der Waals surface area contributed by atoms with Crippen molar-refractivity contribution in [3.63, 3.8) is 0 Å². The maximum atomic E-state index is 13.8. The molecule has 8 heteroatoms. The molecule has 3 aromatic rings. The van der Waals surface area contributed by atoms with Gasteiger partial charge in [-0.2, -0.15) is 0 Å². The number of pyridine rings is 1. The minimum absolute atomic E-state index is 0.0201. The maximum Gasteiger partial charge on any atom is 0.410 e. The predicted molar refractivity (Wildman–Crippen MR) is 124 cm³/mol. The summed E-state index contributed by atoms with van der Waals surface area (Å²) >= 11 is 0. The van der Waals surface area contributed by atoms with Crippen LogP contribution in [-0.2, 0) is 11.3 Å². The lowest BCUT2D eigenvalue weighted by molar-refractivity contribution is 0.0984. The lowest BCUT2D eigenvalue weighted by Gasteiger charge is -2.22. The first-order valence-electron chi connectivity index (χ1n) is 10.8. The molecule has 33 heavy (non-hydrogen) atoms. The van der Waals surface area contributed by atoms with Crippen LogP contribution in [0.4, 0.5) is 20.7 Å². The summed E-state index contributed by atoms with van der Waals surface area (Å²) in [5, 5.41) is 2.66. The molecule has 2 aromatic carbocycles. The maximum absolute atomic E-state index is 13.8. The van der Waals surface area contributed by atoms with Crippen molar-refractivity contribution in [2.45, 2.75) is 13.0 Å². The van der Waals surface area contributed by atoms with E-state index in [2.05, 4.69) is 15.2 Å². The van der Waals surface area contributed by atoms with Gasteiger partial charge in [0.15, 0.2) is 0 Å². The number of nitrogens with one attached hydrogen (secondary N) is 1. The first-order valence-corrected chi connectivity index (χ1v) is 10.8. The minimum Gasteiger partial charge on any atom is -0.445 e. The van der Waals surface area contributed by atoms with E-state index >= 15 is 0 Å². The van der Waals surface area contributed by atoms with E-state index in [1.807, 2.05) is 30.3 Å². The summed E-state index contributed by atoms with van der Waals surface area (Å²) in [6.45, 7) is 2.76. The molecule has 0 radical (unpaired) electrons. The highest BCUT2D eigenvalue weighted by Gasteiger charge is 2.21. The number of hydrogen-bond donors (Lipinski definition) is 1. The zero-order valence-electron chi connectivity index (χ0n) is 18.1. The zero-order chi connectivity index (χ0) is 23.0. The molecule has 7 nitrogen and oxygen atoms in total. The monoisotopic (exact) mass is 448 g/mol. The van der Waals surface area contributed by atoms with Crippen LogP contribution in [0.3, 0.4) is 0 Å². The van der Waals surface area contributed by atoms with Crippen molar-refractivity contribution in [2.75, 3.05) is 36.4 Å². The standard InChI is InChI=1S/C25H25FN4O3/c26-22-10-5-4-9-21(22)24(31)28-20-11-12-23(27-17-20)29-13-6-14-30(16-15-29)25(32)33-18-19-7-2-1-3-8-19/h1-5,7-12,17H,6,13-16,18H2,(H,28,31). The van der Waals surface area contributed by atoms with Gasteiger partial charge >= 0.3 is 6.09 Å². The van der Waals surface area contributed by atoms with Gasteiger partial charge in [-0.1, -0.05) is 42.5 Å². The van der Waals surface area contributed by atoms with E-state index in [4.69, 9.17) is 4.74 Å². The van der Waals surface area contributed by atoms with Crippen LogP contribution in [-0.4, -0.2) is 48.1 Å². The molecule has 1 N–H and O–H groups in total. The van der Waals surface area contributed by atoms with E-state index in [-0.39, 0.29) is 18.3 Å². The van der Waals surface area contributed by atoms with Crippen LogP contribution in [0, 0.1) is 5.82 Å². The quantitative estimate of drug-likeness (QED) is 0.629. The molecule has 0 unspecified atom stereocenters. The number of carbonyl (C=O) groups is 2. The fourth-order valence-electron chi connectivity index (χ4n) is 3.63. The molecule has 0 bridgehead atoms. The lowest BCUT2D eigenvalue weighted by Crippen LogP contribution is -2.35. The van der Waals surface area contributed by atoms with Crippen molar-refractivity contribution in [2.24, 2.45) is 0 Å². The molecular weight excluding hydrogens is 423 g/mol. The van der Waals surface area contributed by atoms with Gasteiger partial charge in [0.25, 0.3) is 5.91 Å². The second-order valence-electron chi connectivity index (χ2n) is 7.71. The second kappa shape index (κ2) is 10.6. The smallest absolute Gasteiger partial charge is 0.410 e. The van der Waals surface area contributed by atoms with Gasteiger partial charge in [-0.25, -0.2) is 14.2 Å². The van der Waals surface area contributed by atoms with Crippen molar-refractivity contribution in [3.05, 3.63) is 89.9 Å². The van der Waals surface area contributed by atoms with Crippen LogP contribution in [0.5, 0.6) is 0 Å². The Bertz CT molecular complexity index is 1090. The van der Waals surface area contributed by atoms with E-state index in [1.54, 1.807) is 29.3 Å². The van der Waals surface area contributed by atoms with Gasteiger partial charge in [0.05, 0.1) is 17.4 Å². The number of halogens is 1. The largest absolute Gasteiger partial charge is 0.445 e. The summed E-state index contributed by atoms with van der Waals surface area (Å²) in [5.41, 5.74) is 1.41. The molecule has 2 amide bonds. The highest BCUT2D eigenvalue weighted by Crippen LogP contribution is 2.18. The number of ether oxygens (including phenoxy) is 1. The highest BCUT2D eigenvalue weighted by molar-refractivity contribution is 6.04. The van der Waals surface area contributed by atoms with Gasteiger partial charge < -0.3 is 19.9 Å². The van der Waals surface area contributed by atoms with Gasteiger partial charge in [-0.3, -0.25) is 4.79 Å². The fraction of sp³-hybridized carbons (Fsp3) is 0.240. The summed E-state index contributed by atoms with van der Waals surface area (Å²) in [4.78, 5) is 33.0. The summed E-state index contributed by atoms with van der Waals surface area (Å²) in [6.07, 6.45) is 2.01. The SMILES string of the molecule is O=C(Nc1ccc(N2CCCN(C(=O)OCc3ccccc3)CC2)nc1)c1ccccc1F. The Balaban J connectivity index is 1.30. The zero-order valence-corrected chi connectivity index (χ0v) is 18.1. The molecule has 1 saturated heterocycles. The minimum atomic E-state index is -0.573. The van der Waals surface area contributed by atoms with Gasteiger partial charge in [0.2, 0.25) is 0 Å².